The first-order valence-corrected chi connectivity index (χ1v) is 9.06. The Kier molecular flexibility index (Phi) is 8.40. The fourth-order valence-corrected chi connectivity index (χ4v) is 2.95. The normalized spacial score (nSPS) is 18.5. The molecule has 1 amide bonds. The second kappa shape index (κ2) is 9.51. The molecule has 1 unspecified atom stereocenters. The van der Waals surface area contributed by atoms with Crippen molar-refractivity contribution >= 4 is 5.91 Å². The number of hydrogen-bond acceptors (Lipinski definition) is 3. The van der Waals surface area contributed by atoms with Crippen LogP contribution in [0.1, 0.15) is 47.5 Å². The number of hydrogen-bond donors (Lipinski definition) is 0. The summed E-state index contributed by atoms with van der Waals surface area (Å²) in [5.41, 5.74) is 0. The zero-order valence-electron chi connectivity index (χ0n) is 15.6. The summed E-state index contributed by atoms with van der Waals surface area (Å²) in [6.07, 6.45) is 2.52. The third kappa shape index (κ3) is 6.25. The van der Waals surface area contributed by atoms with Gasteiger partial charge in [0.2, 0.25) is 5.91 Å². The number of amides is 1. The highest BCUT2D eigenvalue weighted by atomic mass is 16.2. The van der Waals surface area contributed by atoms with Crippen molar-refractivity contribution in [3.8, 4) is 0 Å². The Morgan fingerprint density at radius 1 is 1.09 bits per heavy atom. The maximum Gasteiger partial charge on any atom is 0.225 e. The molecule has 0 bridgehead atoms. The van der Waals surface area contributed by atoms with E-state index in [1.54, 1.807) is 0 Å². The van der Waals surface area contributed by atoms with Crippen LogP contribution in [0.2, 0.25) is 0 Å². The number of piperazine rings is 1. The first-order chi connectivity index (χ1) is 10.3. The van der Waals surface area contributed by atoms with Crippen LogP contribution >= 0.6 is 0 Å². The van der Waals surface area contributed by atoms with Gasteiger partial charge in [0, 0.05) is 44.7 Å². The van der Waals surface area contributed by atoms with Crippen LogP contribution in [0.4, 0.5) is 0 Å². The summed E-state index contributed by atoms with van der Waals surface area (Å²) in [5, 5.41) is 0. The largest absolute Gasteiger partial charge is 0.340 e. The lowest BCUT2D eigenvalue weighted by atomic mass is 10.0. The second-order valence-electron chi connectivity index (χ2n) is 7.42. The zero-order valence-corrected chi connectivity index (χ0v) is 15.6. The molecule has 1 rings (SSSR count). The van der Waals surface area contributed by atoms with Crippen molar-refractivity contribution in [1.29, 1.82) is 0 Å². The van der Waals surface area contributed by atoms with Crippen molar-refractivity contribution in [2.24, 2.45) is 11.8 Å². The van der Waals surface area contributed by atoms with Crippen LogP contribution in [0.5, 0.6) is 0 Å². The predicted octanol–water partition coefficient (Wildman–Crippen LogP) is 2.54. The fraction of sp³-hybridized carbons (Fsp3) is 0.944. The van der Waals surface area contributed by atoms with E-state index in [-0.39, 0.29) is 5.92 Å². The Hall–Kier alpha value is -0.610. The van der Waals surface area contributed by atoms with Crippen molar-refractivity contribution in [2.75, 3.05) is 46.3 Å². The molecule has 1 aliphatic rings. The lowest BCUT2D eigenvalue weighted by Gasteiger charge is -2.37. The smallest absolute Gasteiger partial charge is 0.225 e. The molecule has 0 aromatic carbocycles. The quantitative estimate of drug-likeness (QED) is 0.689. The Balaban J connectivity index is 2.33. The highest BCUT2D eigenvalue weighted by molar-refractivity contribution is 5.78. The minimum Gasteiger partial charge on any atom is -0.340 e. The molecular weight excluding hydrogens is 274 g/mol. The van der Waals surface area contributed by atoms with Gasteiger partial charge in [-0.2, -0.15) is 0 Å². The van der Waals surface area contributed by atoms with Crippen molar-refractivity contribution in [3.05, 3.63) is 0 Å². The standard InChI is InChI=1S/C18H37N3O/c1-7-17(8-9-19(6)16(4)5)14-20-10-12-21(13-11-20)18(22)15(2)3/h15-17H,7-14H2,1-6H3. The second-order valence-corrected chi connectivity index (χ2v) is 7.42. The Morgan fingerprint density at radius 3 is 2.14 bits per heavy atom. The molecule has 1 atom stereocenters. The van der Waals surface area contributed by atoms with Gasteiger partial charge in [0.1, 0.15) is 0 Å². The Morgan fingerprint density at radius 2 is 1.68 bits per heavy atom. The van der Waals surface area contributed by atoms with Crippen LogP contribution < -0.4 is 0 Å². The van der Waals surface area contributed by atoms with Gasteiger partial charge in [-0.25, -0.2) is 0 Å². The number of nitrogens with zero attached hydrogens (tertiary/aromatic N) is 3. The lowest BCUT2D eigenvalue weighted by Crippen LogP contribution is -2.50. The van der Waals surface area contributed by atoms with Gasteiger partial charge in [0.25, 0.3) is 0 Å². The Labute approximate surface area is 137 Å². The van der Waals surface area contributed by atoms with Crippen LogP contribution in [-0.4, -0.2) is 73.0 Å². The van der Waals surface area contributed by atoms with E-state index in [1.165, 1.54) is 25.9 Å². The number of rotatable bonds is 8. The molecule has 0 aromatic rings. The first-order valence-electron chi connectivity index (χ1n) is 9.06. The van der Waals surface area contributed by atoms with Crippen LogP contribution in [0, 0.1) is 11.8 Å². The molecule has 0 spiro atoms. The van der Waals surface area contributed by atoms with Crippen LogP contribution in [0.25, 0.3) is 0 Å². The minimum absolute atomic E-state index is 0.126. The number of carbonyl (C=O) groups is 1. The molecule has 1 heterocycles. The molecule has 0 aromatic heterocycles. The van der Waals surface area contributed by atoms with Crippen LogP contribution in [0.15, 0.2) is 0 Å². The van der Waals surface area contributed by atoms with Gasteiger partial charge in [0.05, 0.1) is 0 Å². The summed E-state index contributed by atoms with van der Waals surface area (Å²) in [6.45, 7) is 17.0. The summed E-state index contributed by atoms with van der Waals surface area (Å²) >= 11 is 0. The van der Waals surface area contributed by atoms with E-state index in [0.717, 1.165) is 32.1 Å². The van der Waals surface area contributed by atoms with Gasteiger partial charge in [-0.05, 0) is 39.8 Å². The van der Waals surface area contributed by atoms with Gasteiger partial charge in [-0.1, -0.05) is 27.2 Å². The maximum absolute atomic E-state index is 12.0. The van der Waals surface area contributed by atoms with Crippen molar-refractivity contribution in [3.63, 3.8) is 0 Å². The molecule has 130 valence electrons. The summed E-state index contributed by atoms with van der Waals surface area (Å²) in [5.74, 6) is 1.21. The molecule has 4 nitrogen and oxygen atoms in total. The van der Waals surface area contributed by atoms with E-state index >= 15 is 0 Å². The maximum atomic E-state index is 12.0. The molecular formula is C18H37N3O. The summed E-state index contributed by atoms with van der Waals surface area (Å²) < 4.78 is 0. The van der Waals surface area contributed by atoms with Crippen LogP contribution in [0.3, 0.4) is 0 Å². The third-order valence-corrected chi connectivity index (χ3v) is 5.04. The molecule has 0 N–H and O–H groups in total. The first kappa shape index (κ1) is 19.4. The van der Waals surface area contributed by atoms with Crippen molar-refractivity contribution < 1.29 is 4.79 Å². The topological polar surface area (TPSA) is 26.8 Å². The molecule has 0 aliphatic carbocycles. The average Bonchev–Trinajstić information content (AvgIpc) is 2.50. The molecule has 4 heteroatoms. The highest BCUT2D eigenvalue weighted by Gasteiger charge is 2.24. The van der Waals surface area contributed by atoms with E-state index in [1.807, 2.05) is 18.7 Å². The van der Waals surface area contributed by atoms with E-state index < -0.39 is 0 Å². The van der Waals surface area contributed by atoms with Gasteiger partial charge < -0.3 is 9.80 Å². The predicted molar refractivity (Wildman–Crippen MR) is 94.0 cm³/mol. The van der Waals surface area contributed by atoms with Crippen molar-refractivity contribution in [2.45, 2.75) is 53.5 Å². The highest BCUT2D eigenvalue weighted by Crippen LogP contribution is 2.14. The SMILES string of the molecule is CCC(CCN(C)C(C)C)CN1CCN(C(=O)C(C)C)CC1. The molecule has 1 aliphatic heterocycles. The van der Waals surface area contributed by atoms with Gasteiger partial charge in [-0.3, -0.25) is 9.69 Å². The van der Waals surface area contributed by atoms with E-state index in [4.69, 9.17) is 0 Å². The average molecular weight is 312 g/mol. The Bertz CT molecular complexity index is 322. The lowest BCUT2D eigenvalue weighted by molar-refractivity contribution is -0.136. The van der Waals surface area contributed by atoms with E-state index in [2.05, 4.69) is 37.6 Å². The van der Waals surface area contributed by atoms with Crippen LogP contribution in [-0.2, 0) is 4.79 Å². The molecule has 0 saturated carbocycles. The van der Waals surface area contributed by atoms with Gasteiger partial charge in [-0.15, -0.1) is 0 Å². The summed E-state index contributed by atoms with van der Waals surface area (Å²) in [6, 6.07) is 0.628. The van der Waals surface area contributed by atoms with Crippen molar-refractivity contribution in [1.82, 2.24) is 14.7 Å². The fourth-order valence-electron chi connectivity index (χ4n) is 2.95. The monoisotopic (exact) mass is 311 g/mol. The molecule has 1 fully saturated rings. The minimum atomic E-state index is 0.126. The zero-order chi connectivity index (χ0) is 16.7. The van der Waals surface area contributed by atoms with E-state index in [9.17, 15) is 4.79 Å². The molecule has 1 saturated heterocycles. The van der Waals surface area contributed by atoms with Gasteiger partial charge >= 0.3 is 0 Å². The summed E-state index contributed by atoms with van der Waals surface area (Å²) in [4.78, 5) is 19.0. The molecule has 22 heavy (non-hydrogen) atoms. The van der Waals surface area contributed by atoms with E-state index in [0.29, 0.717) is 11.9 Å². The summed E-state index contributed by atoms with van der Waals surface area (Å²) in [7, 11) is 2.22. The molecule has 0 radical (unpaired) electrons. The third-order valence-electron chi connectivity index (χ3n) is 5.04. The van der Waals surface area contributed by atoms with Gasteiger partial charge in [0.15, 0.2) is 0 Å². The number of carbonyl (C=O) groups excluding carboxylic acids is 1.